The molecule has 0 fully saturated rings. The minimum atomic E-state index is -3.57. The van der Waals surface area contributed by atoms with Crippen LogP contribution in [0.1, 0.15) is 29.9 Å². The Morgan fingerprint density at radius 3 is 2.56 bits per heavy atom. The highest BCUT2D eigenvalue weighted by Gasteiger charge is 2.23. The summed E-state index contributed by atoms with van der Waals surface area (Å²) in [5.41, 5.74) is 0. The van der Waals surface area contributed by atoms with E-state index in [2.05, 4.69) is 0 Å². The van der Waals surface area contributed by atoms with Gasteiger partial charge in [-0.3, -0.25) is 0 Å². The predicted molar refractivity (Wildman–Crippen MR) is 70.5 cm³/mol. The number of aromatic carboxylic acids is 1. The third-order valence-electron chi connectivity index (χ3n) is 2.52. The highest BCUT2D eigenvalue weighted by atomic mass is 32.2. The fraction of sp³-hybridized carbons (Fsp3) is 0.545. The maximum Gasteiger partial charge on any atom is 0.345 e. The van der Waals surface area contributed by atoms with E-state index in [0.717, 1.165) is 17.8 Å². The lowest BCUT2D eigenvalue weighted by Gasteiger charge is -2.17. The molecule has 0 atom stereocenters. The highest BCUT2D eigenvalue weighted by molar-refractivity contribution is 7.89. The average Bonchev–Trinajstić information content (AvgIpc) is 2.75. The van der Waals surface area contributed by atoms with E-state index in [-0.39, 0.29) is 9.77 Å². The molecular formula is C11H17NO4S2. The lowest BCUT2D eigenvalue weighted by atomic mass is 10.1. The normalized spacial score (nSPS) is 12.3. The van der Waals surface area contributed by atoms with Crippen molar-refractivity contribution in [2.45, 2.75) is 25.2 Å². The first-order chi connectivity index (χ1) is 8.25. The molecule has 0 saturated carbocycles. The number of sulfonamides is 1. The molecule has 0 spiro atoms. The fourth-order valence-corrected chi connectivity index (χ4v) is 3.59. The van der Waals surface area contributed by atoms with E-state index < -0.39 is 16.0 Å². The lowest BCUT2D eigenvalue weighted by molar-refractivity contribution is 0.0702. The second-order valence-corrected chi connectivity index (χ2v) is 7.42. The van der Waals surface area contributed by atoms with E-state index in [1.165, 1.54) is 22.8 Å². The van der Waals surface area contributed by atoms with Gasteiger partial charge in [0, 0.05) is 19.0 Å². The molecule has 1 aromatic heterocycles. The van der Waals surface area contributed by atoms with Crippen molar-refractivity contribution >= 4 is 27.3 Å². The summed E-state index contributed by atoms with van der Waals surface area (Å²) in [6.07, 6.45) is 0.769. The Kier molecular flexibility index (Phi) is 4.89. The van der Waals surface area contributed by atoms with Crippen LogP contribution in [0.25, 0.3) is 0 Å². The molecule has 0 aromatic carbocycles. The van der Waals surface area contributed by atoms with Gasteiger partial charge in [0.25, 0.3) is 0 Å². The first-order valence-electron chi connectivity index (χ1n) is 5.53. The van der Waals surface area contributed by atoms with Gasteiger partial charge in [-0.05, 0) is 18.4 Å². The summed E-state index contributed by atoms with van der Waals surface area (Å²) in [6, 6.07) is 1.20. The van der Waals surface area contributed by atoms with E-state index in [4.69, 9.17) is 5.11 Å². The van der Waals surface area contributed by atoms with Gasteiger partial charge in [0.1, 0.15) is 4.88 Å². The Bertz CT molecular complexity index is 519. The molecule has 18 heavy (non-hydrogen) atoms. The Labute approximate surface area is 111 Å². The molecule has 1 aromatic rings. The van der Waals surface area contributed by atoms with Crippen LogP contribution in [0.3, 0.4) is 0 Å². The molecule has 0 aliphatic carbocycles. The lowest BCUT2D eigenvalue weighted by Crippen LogP contribution is -2.28. The van der Waals surface area contributed by atoms with Crippen LogP contribution in [0, 0.1) is 5.92 Å². The van der Waals surface area contributed by atoms with Gasteiger partial charge in [-0.1, -0.05) is 13.8 Å². The molecule has 1 heterocycles. The molecule has 1 N–H and O–H groups in total. The topological polar surface area (TPSA) is 74.7 Å². The standard InChI is InChI=1S/C11H17NO4S2/c1-8(2)4-5-12(3)18(15,16)9-6-10(11(13)14)17-7-9/h6-8H,4-5H2,1-3H3,(H,13,14). The summed E-state index contributed by atoms with van der Waals surface area (Å²) < 4.78 is 25.5. The predicted octanol–water partition coefficient (Wildman–Crippen LogP) is 2.11. The van der Waals surface area contributed by atoms with Crippen molar-refractivity contribution < 1.29 is 18.3 Å². The maximum absolute atomic E-state index is 12.1. The summed E-state index contributed by atoms with van der Waals surface area (Å²) in [5, 5.41) is 10.1. The number of thiophene rings is 1. The first kappa shape index (κ1) is 15.1. The molecule has 0 amide bonds. The van der Waals surface area contributed by atoms with Crippen LogP contribution in [0.4, 0.5) is 0 Å². The van der Waals surface area contributed by atoms with E-state index in [1.807, 2.05) is 13.8 Å². The minimum absolute atomic E-state index is 0.0332. The van der Waals surface area contributed by atoms with Crippen molar-refractivity contribution in [3.8, 4) is 0 Å². The minimum Gasteiger partial charge on any atom is -0.477 e. The van der Waals surface area contributed by atoms with Crippen LogP contribution < -0.4 is 0 Å². The maximum atomic E-state index is 12.1. The molecule has 0 unspecified atom stereocenters. The van der Waals surface area contributed by atoms with Crippen molar-refractivity contribution in [1.29, 1.82) is 0 Å². The van der Waals surface area contributed by atoms with Gasteiger partial charge in [-0.2, -0.15) is 0 Å². The average molecular weight is 291 g/mol. The molecular weight excluding hydrogens is 274 g/mol. The zero-order chi connectivity index (χ0) is 13.9. The highest BCUT2D eigenvalue weighted by Crippen LogP contribution is 2.22. The zero-order valence-corrected chi connectivity index (χ0v) is 12.2. The number of hydrogen-bond acceptors (Lipinski definition) is 4. The molecule has 0 aliphatic heterocycles. The summed E-state index contributed by atoms with van der Waals surface area (Å²) >= 11 is 0.921. The Morgan fingerprint density at radius 2 is 2.11 bits per heavy atom. The van der Waals surface area contributed by atoms with Crippen LogP contribution >= 0.6 is 11.3 Å². The molecule has 0 aliphatic rings. The molecule has 0 saturated heterocycles. The second kappa shape index (κ2) is 5.81. The zero-order valence-electron chi connectivity index (χ0n) is 10.6. The van der Waals surface area contributed by atoms with Crippen molar-refractivity contribution in [3.63, 3.8) is 0 Å². The summed E-state index contributed by atoms with van der Waals surface area (Å²) in [5.74, 6) is -0.689. The monoisotopic (exact) mass is 291 g/mol. The number of rotatable bonds is 6. The number of carbonyl (C=O) groups is 1. The molecule has 0 radical (unpaired) electrons. The summed E-state index contributed by atoms with van der Waals surface area (Å²) in [6.45, 7) is 4.47. The molecule has 7 heteroatoms. The van der Waals surface area contributed by atoms with Crippen LogP contribution in [0.2, 0.25) is 0 Å². The van der Waals surface area contributed by atoms with Crippen LogP contribution in [-0.4, -0.2) is 37.4 Å². The van der Waals surface area contributed by atoms with Gasteiger partial charge in [0.2, 0.25) is 10.0 Å². The van der Waals surface area contributed by atoms with Gasteiger partial charge in [0.15, 0.2) is 0 Å². The molecule has 1 rings (SSSR count). The Hall–Kier alpha value is -0.920. The van der Waals surface area contributed by atoms with Crippen molar-refractivity contribution in [2.75, 3.05) is 13.6 Å². The van der Waals surface area contributed by atoms with Crippen molar-refractivity contribution in [1.82, 2.24) is 4.31 Å². The second-order valence-electron chi connectivity index (χ2n) is 4.46. The summed E-state index contributed by atoms with van der Waals surface area (Å²) in [4.78, 5) is 10.8. The smallest absolute Gasteiger partial charge is 0.345 e. The van der Waals surface area contributed by atoms with Gasteiger partial charge in [0.05, 0.1) is 4.90 Å². The fourth-order valence-electron chi connectivity index (χ4n) is 1.31. The van der Waals surface area contributed by atoms with Gasteiger partial charge >= 0.3 is 5.97 Å². The van der Waals surface area contributed by atoms with E-state index in [1.54, 1.807) is 0 Å². The van der Waals surface area contributed by atoms with E-state index >= 15 is 0 Å². The third kappa shape index (κ3) is 3.54. The summed E-state index contributed by atoms with van der Waals surface area (Å²) in [7, 11) is -2.06. The molecule has 0 bridgehead atoms. The van der Waals surface area contributed by atoms with Gasteiger partial charge < -0.3 is 5.11 Å². The van der Waals surface area contributed by atoms with E-state index in [0.29, 0.717) is 12.5 Å². The first-order valence-corrected chi connectivity index (χ1v) is 7.85. The van der Waals surface area contributed by atoms with Gasteiger partial charge in [-0.15, -0.1) is 11.3 Å². The number of hydrogen-bond donors (Lipinski definition) is 1. The largest absolute Gasteiger partial charge is 0.477 e. The molecule has 5 nitrogen and oxygen atoms in total. The Balaban J connectivity index is 2.87. The quantitative estimate of drug-likeness (QED) is 0.871. The Morgan fingerprint density at radius 1 is 1.50 bits per heavy atom. The number of carboxylic acid groups (broad SMARTS) is 1. The van der Waals surface area contributed by atoms with Crippen LogP contribution in [-0.2, 0) is 10.0 Å². The third-order valence-corrected chi connectivity index (χ3v) is 5.42. The van der Waals surface area contributed by atoms with Crippen LogP contribution in [0.15, 0.2) is 16.3 Å². The van der Waals surface area contributed by atoms with Gasteiger partial charge in [-0.25, -0.2) is 17.5 Å². The van der Waals surface area contributed by atoms with Crippen molar-refractivity contribution in [2.24, 2.45) is 5.92 Å². The number of nitrogens with zero attached hydrogens (tertiary/aromatic N) is 1. The molecule has 102 valence electrons. The number of carboxylic acids is 1. The van der Waals surface area contributed by atoms with Crippen molar-refractivity contribution in [3.05, 3.63) is 16.3 Å². The SMILES string of the molecule is CC(C)CCN(C)S(=O)(=O)c1csc(C(=O)O)c1. The van der Waals surface area contributed by atoms with Crippen LogP contribution in [0.5, 0.6) is 0 Å². The van der Waals surface area contributed by atoms with E-state index in [9.17, 15) is 13.2 Å².